The fourth-order valence-corrected chi connectivity index (χ4v) is 3.40. The summed E-state index contributed by atoms with van der Waals surface area (Å²) in [4.78, 5) is 10.8. The molecule has 0 aromatic carbocycles. The maximum atomic E-state index is 10.8. The Morgan fingerprint density at radius 2 is 1.78 bits per heavy atom. The Morgan fingerprint density at radius 3 is 2.44 bits per heavy atom. The van der Waals surface area contributed by atoms with E-state index in [0.29, 0.717) is 5.92 Å². The second-order valence-electron chi connectivity index (χ2n) is 6.21. The van der Waals surface area contributed by atoms with Gasteiger partial charge in [-0.2, -0.15) is 0 Å². The normalized spacial score (nSPS) is 18.7. The summed E-state index contributed by atoms with van der Waals surface area (Å²) in [6, 6.07) is 0. The molecule has 1 heteroatoms. The molecule has 1 atom stereocenters. The van der Waals surface area contributed by atoms with E-state index in [-0.39, 0.29) is 0 Å². The molecule has 1 nitrogen and oxygen atoms in total. The van der Waals surface area contributed by atoms with E-state index >= 15 is 0 Å². The van der Waals surface area contributed by atoms with Gasteiger partial charge in [-0.25, -0.2) is 0 Å². The highest BCUT2D eigenvalue weighted by Crippen LogP contribution is 2.31. The molecule has 0 bridgehead atoms. The topological polar surface area (TPSA) is 17.1 Å². The number of aldehydes is 1. The quantitative estimate of drug-likeness (QED) is 0.369. The number of carbonyl (C=O) groups excluding carboxylic acids is 1. The Labute approximate surface area is 114 Å². The number of carbonyl (C=O) groups is 1. The zero-order chi connectivity index (χ0) is 13.1. The predicted octanol–water partition coefficient (Wildman–Crippen LogP) is 5.52. The SMILES string of the molecule is CCCCCCCC(CC=O)CC1CCCCC1. The monoisotopic (exact) mass is 252 g/mol. The molecular formula is C17H32O. The van der Waals surface area contributed by atoms with Crippen molar-refractivity contribution in [3.05, 3.63) is 0 Å². The van der Waals surface area contributed by atoms with Crippen molar-refractivity contribution in [2.75, 3.05) is 0 Å². The molecule has 106 valence electrons. The first-order chi connectivity index (χ1) is 8.86. The smallest absolute Gasteiger partial charge is 0.120 e. The van der Waals surface area contributed by atoms with Crippen molar-refractivity contribution in [1.82, 2.24) is 0 Å². The van der Waals surface area contributed by atoms with Crippen molar-refractivity contribution in [3.8, 4) is 0 Å². The van der Waals surface area contributed by atoms with E-state index in [1.807, 2.05) is 0 Å². The van der Waals surface area contributed by atoms with Crippen LogP contribution in [0.5, 0.6) is 0 Å². The summed E-state index contributed by atoms with van der Waals surface area (Å²) in [7, 11) is 0. The van der Waals surface area contributed by atoms with Crippen LogP contribution in [0.2, 0.25) is 0 Å². The Kier molecular flexibility index (Phi) is 9.24. The minimum absolute atomic E-state index is 0.687. The van der Waals surface area contributed by atoms with Gasteiger partial charge in [-0.05, 0) is 18.3 Å². The van der Waals surface area contributed by atoms with Gasteiger partial charge in [-0.15, -0.1) is 0 Å². The molecule has 1 saturated carbocycles. The average molecular weight is 252 g/mol. The molecule has 1 rings (SSSR count). The molecule has 1 unspecified atom stereocenters. The third-order valence-corrected chi connectivity index (χ3v) is 4.54. The molecule has 0 aliphatic heterocycles. The van der Waals surface area contributed by atoms with Crippen molar-refractivity contribution in [2.45, 2.75) is 90.4 Å². The van der Waals surface area contributed by atoms with Gasteiger partial charge in [0.05, 0.1) is 0 Å². The van der Waals surface area contributed by atoms with Gasteiger partial charge in [0.15, 0.2) is 0 Å². The average Bonchev–Trinajstić information content (AvgIpc) is 2.40. The Hall–Kier alpha value is -0.330. The van der Waals surface area contributed by atoms with Crippen LogP contribution in [0.4, 0.5) is 0 Å². The van der Waals surface area contributed by atoms with Gasteiger partial charge in [0, 0.05) is 6.42 Å². The maximum Gasteiger partial charge on any atom is 0.120 e. The standard InChI is InChI=1S/C17H32O/c1-2-3-4-5-7-12-17(13-14-18)15-16-10-8-6-9-11-16/h14,16-17H,2-13,15H2,1H3. The summed E-state index contributed by atoms with van der Waals surface area (Å²) in [5, 5.41) is 0. The molecule has 1 aliphatic carbocycles. The molecule has 1 fully saturated rings. The van der Waals surface area contributed by atoms with Gasteiger partial charge in [0.25, 0.3) is 0 Å². The molecule has 0 aromatic rings. The van der Waals surface area contributed by atoms with E-state index < -0.39 is 0 Å². The summed E-state index contributed by atoms with van der Waals surface area (Å²) in [6.07, 6.45) is 18.5. The Morgan fingerprint density at radius 1 is 1.06 bits per heavy atom. The third-order valence-electron chi connectivity index (χ3n) is 4.54. The van der Waals surface area contributed by atoms with E-state index in [9.17, 15) is 4.79 Å². The molecule has 1 aliphatic rings. The second kappa shape index (κ2) is 10.6. The third kappa shape index (κ3) is 7.18. The lowest BCUT2D eigenvalue weighted by Gasteiger charge is -2.25. The van der Waals surface area contributed by atoms with E-state index in [0.717, 1.165) is 18.6 Å². The lowest BCUT2D eigenvalue weighted by atomic mass is 9.80. The fourth-order valence-electron chi connectivity index (χ4n) is 3.40. The van der Waals surface area contributed by atoms with Gasteiger partial charge in [-0.1, -0.05) is 77.6 Å². The van der Waals surface area contributed by atoms with Crippen LogP contribution in [0, 0.1) is 11.8 Å². The van der Waals surface area contributed by atoms with Crippen LogP contribution < -0.4 is 0 Å². The molecule has 0 amide bonds. The van der Waals surface area contributed by atoms with Gasteiger partial charge in [0.1, 0.15) is 6.29 Å². The van der Waals surface area contributed by atoms with Crippen LogP contribution in [0.1, 0.15) is 90.4 Å². The fraction of sp³-hybridized carbons (Fsp3) is 0.941. The number of hydrogen-bond acceptors (Lipinski definition) is 1. The van der Waals surface area contributed by atoms with E-state index in [4.69, 9.17) is 0 Å². The lowest BCUT2D eigenvalue weighted by molar-refractivity contribution is -0.108. The number of hydrogen-bond donors (Lipinski definition) is 0. The minimum Gasteiger partial charge on any atom is -0.303 e. The molecule has 18 heavy (non-hydrogen) atoms. The molecule has 0 spiro atoms. The van der Waals surface area contributed by atoms with Crippen LogP contribution in [0.25, 0.3) is 0 Å². The van der Waals surface area contributed by atoms with Crippen molar-refractivity contribution in [1.29, 1.82) is 0 Å². The van der Waals surface area contributed by atoms with E-state index in [1.54, 1.807) is 0 Å². The molecule has 0 radical (unpaired) electrons. The predicted molar refractivity (Wildman–Crippen MR) is 78.7 cm³/mol. The Bertz CT molecular complexity index is 194. The van der Waals surface area contributed by atoms with Crippen LogP contribution in [-0.4, -0.2) is 6.29 Å². The zero-order valence-electron chi connectivity index (χ0n) is 12.3. The largest absolute Gasteiger partial charge is 0.303 e. The van der Waals surface area contributed by atoms with Gasteiger partial charge in [0.2, 0.25) is 0 Å². The first kappa shape index (κ1) is 15.7. The summed E-state index contributed by atoms with van der Waals surface area (Å²) in [6.45, 7) is 2.26. The summed E-state index contributed by atoms with van der Waals surface area (Å²) in [5.41, 5.74) is 0. The van der Waals surface area contributed by atoms with Crippen LogP contribution in [0.3, 0.4) is 0 Å². The zero-order valence-corrected chi connectivity index (χ0v) is 12.3. The van der Waals surface area contributed by atoms with Crippen molar-refractivity contribution < 1.29 is 4.79 Å². The molecule has 0 aromatic heterocycles. The van der Waals surface area contributed by atoms with E-state index in [1.165, 1.54) is 77.0 Å². The van der Waals surface area contributed by atoms with Crippen molar-refractivity contribution >= 4 is 6.29 Å². The number of unbranched alkanes of at least 4 members (excludes halogenated alkanes) is 4. The lowest BCUT2D eigenvalue weighted by Crippen LogP contribution is -2.13. The summed E-state index contributed by atoms with van der Waals surface area (Å²) in [5.74, 6) is 1.62. The van der Waals surface area contributed by atoms with E-state index in [2.05, 4.69) is 6.92 Å². The minimum atomic E-state index is 0.687. The highest BCUT2D eigenvalue weighted by molar-refractivity contribution is 5.49. The van der Waals surface area contributed by atoms with Crippen molar-refractivity contribution in [2.24, 2.45) is 11.8 Å². The van der Waals surface area contributed by atoms with Crippen LogP contribution in [0.15, 0.2) is 0 Å². The van der Waals surface area contributed by atoms with Crippen LogP contribution >= 0.6 is 0 Å². The summed E-state index contributed by atoms with van der Waals surface area (Å²) >= 11 is 0. The van der Waals surface area contributed by atoms with Crippen LogP contribution in [-0.2, 0) is 4.79 Å². The highest BCUT2D eigenvalue weighted by atomic mass is 16.1. The maximum absolute atomic E-state index is 10.8. The Balaban J connectivity index is 2.14. The molecule has 0 N–H and O–H groups in total. The first-order valence-corrected chi connectivity index (χ1v) is 8.30. The van der Waals surface area contributed by atoms with Gasteiger partial charge >= 0.3 is 0 Å². The summed E-state index contributed by atoms with van der Waals surface area (Å²) < 4.78 is 0. The highest BCUT2D eigenvalue weighted by Gasteiger charge is 2.18. The van der Waals surface area contributed by atoms with Gasteiger partial charge in [-0.3, -0.25) is 0 Å². The molecule has 0 saturated heterocycles. The second-order valence-corrected chi connectivity index (χ2v) is 6.21. The van der Waals surface area contributed by atoms with Gasteiger partial charge < -0.3 is 4.79 Å². The first-order valence-electron chi connectivity index (χ1n) is 8.30. The van der Waals surface area contributed by atoms with Crippen molar-refractivity contribution in [3.63, 3.8) is 0 Å². The number of rotatable bonds is 10. The molecule has 0 heterocycles. The molecular weight excluding hydrogens is 220 g/mol.